The van der Waals surface area contributed by atoms with Gasteiger partial charge in [0, 0.05) is 35.4 Å². The minimum atomic E-state index is 0.130. The van der Waals surface area contributed by atoms with Crippen LogP contribution in [0.2, 0.25) is 0 Å². The van der Waals surface area contributed by atoms with Crippen molar-refractivity contribution in [1.82, 2.24) is 10.3 Å². The largest absolute Gasteiger partial charge is 0.308 e. The van der Waals surface area contributed by atoms with Crippen LogP contribution in [0, 0.1) is 5.92 Å². The second-order valence-corrected chi connectivity index (χ2v) is 6.93. The monoisotopic (exact) mass is 282 g/mol. The van der Waals surface area contributed by atoms with Crippen LogP contribution in [-0.4, -0.2) is 17.1 Å². The Bertz CT molecular complexity index is 628. The molecular weight excluding hydrogens is 256 g/mol. The standard InChI is InChI=1S/C19H26N2/c1-14(2)16(13-21-19(3,4)5)10-17-12-20-11-15-8-6-7-9-18(15)17/h6-12,14,21H,13H2,1-5H3/b16-10+. The van der Waals surface area contributed by atoms with Crippen molar-refractivity contribution in [3.05, 3.63) is 47.8 Å². The van der Waals surface area contributed by atoms with Crippen molar-refractivity contribution in [1.29, 1.82) is 0 Å². The molecule has 0 unspecified atom stereocenters. The molecule has 2 nitrogen and oxygen atoms in total. The van der Waals surface area contributed by atoms with E-state index >= 15 is 0 Å². The van der Waals surface area contributed by atoms with Crippen molar-refractivity contribution in [3.63, 3.8) is 0 Å². The first kappa shape index (κ1) is 15.7. The lowest BCUT2D eigenvalue weighted by Crippen LogP contribution is -2.37. The topological polar surface area (TPSA) is 24.9 Å². The molecule has 0 aliphatic carbocycles. The van der Waals surface area contributed by atoms with Crippen LogP contribution < -0.4 is 5.32 Å². The molecule has 0 radical (unpaired) electrons. The number of hydrogen-bond acceptors (Lipinski definition) is 2. The van der Waals surface area contributed by atoms with E-state index in [-0.39, 0.29) is 5.54 Å². The molecule has 0 saturated carbocycles. The molecule has 0 bridgehead atoms. The lowest BCUT2D eigenvalue weighted by molar-refractivity contribution is 0.437. The Hall–Kier alpha value is -1.67. The Morgan fingerprint density at radius 2 is 1.90 bits per heavy atom. The fraction of sp³-hybridized carbons (Fsp3) is 0.421. The third kappa shape index (κ3) is 4.40. The minimum Gasteiger partial charge on any atom is -0.308 e. The summed E-state index contributed by atoms with van der Waals surface area (Å²) in [6.45, 7) is 12.0. The number of benzene rings is 1. The molecule has 1 N–H and O–H groups in total. The van der Waals surface area contributed by atoms with E-state index in [4.69, 9.17) is 0 Å². The molecule has 2 heteroatoms. The number of rotatable bonds is 4. The summed E-state index contributed by atoms with van der Waals surface area (Å²) in [6, 6.07) is 8.42. The Morgan fingerprint density at radius 1 is 1.19 bits per heavy atom. The molecule has 0 spiro atoms. The van der Waals surface area contributed by atoms with Gasteiger partial charge in [-0.15, -0.1) is 0 Å². The van der Waals surface area contributed by atoms with Gasteiger partial charge < -0.3 is 5.32 Å². The van der Waals surface area contributed by atoms with Crippen LogP contribution in [0.4, 0.5) is 0 Å². The predicted molar refractivity (Wildman–Crippen MR) is 92.3 cm³/mol. The fourth-order valence-corrected chi connectivity index (χ4v) is 2.24. The highest BCUT2D eigenvalue weighted by Gasteiger charge is 2.12. The van der Waals surface area contributed by atoms with Crippen molar-refractivity contribution in [2.45, 2.75) is 40.2 Å². The zero-order chi connectivity index (χ0) is 15.5. The summed E-state index contributed by atoms with van der Waals surface area (Å²) < 4.78 is 0. The zero-order valence-corrected chi connectivity index (χ0v) is 13.8. The number of hydrogen-bond donors (Lipinski definition) is 1. The first-order valence-electron chi connectivity index (χ1n) is 7.65. The summed E-state index contributed by atoms with van der Waals surface area (Å²) in [4.78, 5) is 4.37. The third-order valence-electron chi connectivity index (χ3n) is 3.60. The van der Waals surface area contributed by atoms with Gasteiger partial charge in [0.2, 0.25) is 0 Å². The molecule has 2 aromatic rings. The predicted octanol–water partition coefficient (Wildman–Crippen LogP) is 4.66. The van der Waals surface area contributed by atoms with Crippen molar-refractivity contribution in [2.24, 2.45) is 5.92 Å². The summed E-state index contributed by atoms with van der Waals surface area (Å²) in [5.74, 6) is 0.513. The van der Waals surface area contributed by atoms with Gasteiger partial charge in [-0.3, -0.25) is 4.98 Å². The van der Waals surface area contributed by atoms with Crippen LogP contribution in [-0.2, 0) is 0 Å². The maximum Gasteiger partial charge on any atom is 0.0346 e. The van der Waals surface area contributed by atoms with E-state index in [1.165, 1.54) is 21.9 Å². The maximum atomic E-state index is 4.37. The average molecular weight is 282 g/mol. The Labute approximate surface area is 128 Å². The Morgan fingerprint density at radius 3 is 2.57 bits per heavy atom. The molecule has 0 fully saturated rings. The van der Waals surface area contributed by atoms with Crippen LogP contribution in [0.15, 0.2) is 42.2 Å². The molecule has 1 heterocycles. The van der Waals surface area contributed by atoms with Crippen LogP contribution in [0.5, 0.6) is 0 Å². The van der Waals surface area contributed by atoms with E-state index in [1.54, 1.807) is 0 Å². The molecule has 1 aromatic carbocycles. The average Bonchev–Trinajstić information content (AvgIpc) is 2.42. The van der Waals surface area contributed by atoms with Crippen molar-refractivity contribution in [2.75, 3.05) is 6.54 Å². The molecule has 21 heavy (non-hydrogen) atoms. The van der Waals surface area contributed by atoms with Crippen LogP contribution in [0.25, 0.3) is 16.8 Å². The molecule has 0 aliphatic rings. The highest BCUT2D eigenvalue weighted by Crippen LogP contribution is 2.22. The lowest BCUT2D eigenvalue weighted by Gasteiger charge is -2.23. The number of nitrogens with zero attached hydrogens (tertiary/aromatic N) is 1. The van der Waals surface area contributed by atoms with E-state index in [1.807, 2.05) is 12.4 Å². The van der Waals surface area contributed by atoms with E-state index in [0.717, 1.165) is 6.54 Å². The summed E-state index contributed by atoms with van der Waals surface area (Å²) in [5, 5.41) is 6.04. The first-order chi connectivity index (χ1) is 9.87. The lowest BCUT2D eigenvalue weighted by atomic mass is 9.97. The van der Waals surface area contributed by atoms with E-state index in [2.05, 4.69) is 75.3 Å². The van der Waals surface area contributed by atoms with Gasteiger partial charge in [0.15, 0.2) is 0 Å². The second kappa shape index (κ2) is 6.40. The number of aromatic nitrogens is 1. The summed E-state index contributed by atoms with van der Waals surface area (Å²) >= 11 is 0. The van der Waals surface area contributed by atoms with Crippen molar-refractivity contribution >= 4 is 16.8 Å². The van der Waals surface area contributed by atoms with Crippen LogP contribution in [0.1, 0.15) is 40.2 Å². The Kier molecular flexibility index (Phi) is 4.79. The van der Waals surface area contributed by atoms with Gasteiger partial charge in [-0.1, -0.05) is 49.8 Å². The minimum absolute atomic E-state index is 0.130. The summed E-state index contributed by atoms with van der Waals surface area (Å²) in [6.07, 6.45) is 6.18. The SMILES string of the molecule is CC(C)/C(=C/c1cncc2ccccc12)CNC(C)(C)C. The van der Waals surface area contributed by atoms with Gasteiger partial charge >= 0.3 is 0 Å². The molecule has 1 aromatic heterocycles. The Balaban J connectivity index is 2.36. The second-order valence-electron chi connectivity index (χ2n) is 6.93. The molecule has 0 saturated heterocycles. The number of pyridine rings is 1. The normalized spacial score (nSPS) is 13.1. The molecule has 112 valence electrons. The fourth-order valence-electron chi connectivity index (χ4n) is 2.24. The number of fused-ring (bicyclic) bond motifs is 1. The van der Waals surface area contributed by atoms with Crippen LogP contribution in [0.3, 0.4) is 0 Å². The van der Waals surface area contributed by atoms with Gasteiger partial charge in [0.1, 0.15) is 0 Å². The van der Waals surface area contributed by atoms with Crippen molar-refractivity contribution < 1.29 is 0 Å². The quantitative estimate of drug-likeness (QED) is 0.882. The van der Waals surface area contributed by atoms with Gasteiger partial charge in [0.05, 0.1) is 0 Å². The third-order valence-corrected chi connectivity index (χ3v) is 3.60. The van der Waals surface area contributed by atoms with Gasteiger partial charge in [-0.2, -0.15) is 0 Å². The summed E-state index contributed by atoms with van der Waals surface area (Å²) in [7, 11) is 0. The smallest absolute Gasteiger partial charge is 0.0346 e. The van der Waals surface area contributed by atoms with E-state index in [9.17, 15) is 0 Å². The summed E-state index contributed by atoms with van der Waals surface area (Å²) in [5.41, 5.74) is 2.74. The number of nitrogens with one attached hydrogen (secondary N) is 1. The molecule has 2 rings (SSSR count). The first-order valence-corrected chi connectivity index (χ1v) is 7.65. The maximum absolute atomic E-state index is 4.37. The van der Waals surface area contributed by atoms with E-state index < -0.39 is 0 Å². The highest BCUT2D eigenvalue weighted by molar-refractivity contribution is 5.89. The molecule has 0 atom stereocenters. The van der Waals surface area contributed by atoms with Gasteiger partial charge in [0.25, 0.3) is 0 Å². The van der Waals surface area contributed by atoms with E-state index in [0.29, 0.717) is 5.92 Å². The van der Waals surface area contributed by atoms with Crippen molar-refractivity contribution in [3.8, 4) is 0 Å². The molecule has 0 aliphatic heterocycles. The van der Waals surface area contributed by atoms with Gasteiger partial charge in [-0.25, -0.2) is 0 Å². The van der Waals surface area contributed by atoms with Gasteiger partial charge in [-0.05, 0) is 32.1 Å². The highest BCUT2D eigenvalue weighted by atomic mass is 14.9. The molecular formula is C19H26N2. The molecule has 0 amide bonds. The zero-order valence-electron chi connectivity index (χ0n) is 13.8. The van der Waals surface area contributed by atoms with Crippen LogP contribution >= 0.6 is 0 Å².